The second-order valence-electron chi connectivity index (χ2n) is 7.79. The van der Waals surface area contributed by atoms with Gasteiger partial charge in [-0.25, -0.2) is 0 Å². The molecule has 0 amide bonds. The topological polar surface area (TPSA) is 26.3 Å². The molecule has 2 heteroatoms. The lowest BCUT2D eigenvalue weighted by atomic mass is 9.86. The molecule has 0 heterocycles. The zero-order chi connectivity index (χ0) is 20.2. The van der Waals surface area contributed by atoms with Gasteiger partial charge in [0.1, 0.15) is 0 Å². The van der Waals surface area contributed by atoms with Crippen LogP contribution in [0.3, 0.4) is 0 Å². The van der Waals surface area contributed by atoms with E-state index in [1.54, 1.807) is 0 Å². The van der Waals surface area contributed by atoms with Crippen LogP contribution >= 0.6 is 0 Å². The van der Waals surface area contributed by atoms with Crippen LogP contribution in [0, 0.1) is 5.41 Å². The lowest BCUT2D eigenvalue weighted by molar-refractivity contribution is -0.140. The number of unbranched alkanes of at least 4 members (excludes halogenated alkanes) is 4. The van der Waals surface area contributed by atoms with Crippen molar-refractivity contribution in [2.24, 2.45) is 5.41 Å². The average Bonchev–Trinajstić information content (AvgIpc) is 2.65. The summed E-state index contributed by atoms with van der Waals surface area (Å²) in [7, 11) is 1.43. The molecule has 0 unspecified atom stereocenters. The molecule has 0 rings (SSSR count). The molecule has 0 aliphatic rings. The van der Waals surface area contributed by atoms with Crippen LogP contribution in [0.2, 0.25) is 0 Å². The second kappa shape index (κ2) is 17.8. The molecule has 27 heavy (non-hydrogen) atoms. The van der Waals surface area contributed by atoms with Gasteiger partial charge in [-0.1, -0.05) is 95.1 Å². The highest BCUT2D eigenvalue weighted by Crippen LogP contribution is 2.25. The first-order valence-electron chi connectivity index (χ1n) is 10.7. The molecule has 0 aliphatic carbocycles. The van der Waals surface area contributed by atoms with Crippen molar-refractivity contribution in [1.29, 1.82) is 0 Å². The fourth-order valence-corrected chi connectivity index (χ4v) is 2.78. The maximum absolute atomic E-state index is 11.0. The summed E-state index contributed by atoms with van der Waals surface area (Å²) in [5.41, 5.74) is 0.324. The van der Waals surface area contributed by atoms with Crippen molar-refractivity contribution >= 4 is 5.97 Å². The van der Waals surface area contributed by atoms with Crippen molar-refractivity contribution in [2.75, 3.05) is 7.11 Å². The lowest BCUT2D eigenvalue weighted by Gasteiger charge is -2.19. The number of methoxy groups -OCH3 is 1. The zero-order valence-corrected chi connectivity index (χ0v) is 18.2. The van der Waals surface area contributed by atoms with Crippen LogP contribution in [-0.4, -0.2) is 13.1 Å². The monoisotopic (exact) mass is 374 g/mol. The van der Waals surface area contributed by atoms with Gasteiger partial charge in [0, 0.05) is 6.42 Å². The van der Waals surface area contributed by atoms with E-state index < -0.39 is 0 Å². The van der Waals surface area contributed by atoms with E-state index in [1.807, 2.05) is 0 Å². The van der Waals surface area contributed by atoms with E-state index in [9.17, 15) is 4.79 Å². The molecule has 0 N–H and O–H groups in total. The maximum Gasteiger partial charge on any atom is 0.305 e. The molecule has 0 aliphatic heterocycles. The fourth-order valence-electron chi connectivity index (χ4n) is 2.78. The Morgan fingerprint density at radius 1 is 0.815 bits per heavy atom. The predicted octanol–water partition coefficient (Wildman–Crippen LogP) is 7.72. The number of hydrogen-bond acceptors (Lipinski definition) is 2. The number of hydrogen-bond donors (Lipinski definition) is 0. The minimum absolute atomic E-state index is 0.125. The standard InChI is InChI=1S/C25H42O2/c1-5-6-7-19-22-25(2,3)23-20-17-15-13-11-9-8-10-12-14-16-18-21-24(26)27-4/h8-9,12-15,20,23H,5-7,10-11,16-19,21-22H2,1-4H3/b9-8-,14-12-,15-13-,23-20-. The Hall–Kier alpha value is -1.57. The highest BCUT2D eigenvalue weighted by Gasteiger charge is 2.12. The maximum atomic E-state index is 11.0. The highest BCUT2D eigenvalue weighted by atomic mass is 16.5. The van der Waals surface area contributed by atoms with Crippen LogP contribution in [0.25, 0.3) is 0 Å². The van der Waals surface area contributed by atoms with Gasteiger partial charge in [-0.05, 0) is 43.9 Å². The average molecular weight is 375 g/mol. The van der Waals surface area contributed by atoms with E-state index in [1.165, 1.54) is 39.2 Å². The zero-order valence-electron chi connectivity index (χ0n) is 18.2. The third-order valence-electron chi connectivity index (χ3n) is 4.54. The van der Waals surface area contributed by atoms with Crippen molar-refractivity contribution in [3.63, 3.8) is 0 Å². The molecule has 0 atom stereocenters. The third kappa shape index (κ3) is 19.0. The van der Waals surface area contributed by atoms with Gasteiger partial charge in [-0.3, -0.25) is 4.79 Å². The van der Waals surface area contributed by atoms with Gasteiger partial charge in [-0.2, -0.15) is 0 Å². The summed E-state index contributed by atoms with van der Waals surface area (Å²) in [5, 5.41) is 0. The number of rotatable bonds is 16. The number of ether oxygens (including phenoxy) is 1. The van der Waals surface area contributed by atoms with Crippen molar-refractivity contribution in [3.05, 3.63) is 48.6 Å². The minimum atomic E-state index is -0.125. The van der Waals surface area contributed by atoms with E-state index >= 15 is 0 Å². The summed E-state index contributed by atoms with van der Waals surface area (Å²) in [4.78, 5) is 11.0. The Bertz CT molecular complexity index is 467. The molecule has 0 fully saturated rings. The van der Waals surface area contributed by atoms with E-state index in [4.69, 9.17) is 0 Å². The Morgan fingerprint density at radius 2 is 1.41 bits per heavy atom. The minimum Gasteiger partial charge on any atom is -0.469 e. The largest absolute Gasteiger partial charge is 0.469 e. The lowest BCUT2D eigenvalue weighted by Crippen LogP contribution is -2.06. The quantitative estimate of drug-likeness (QED) is 0.157. The first-order chi connectivity index (χ1) is 13.0. The summed E-state index contributed by atoms with van der Waals surface area (Å²) in [6.45, 7) is 6.94. The van der Waals surface area contributed by atoms with Crippen molar-refractivity contribution in [2.45, 2.75) is 91.4 Å². The molecule has 0 aromatic carbocycles. The molecule has 2 nitrogen and oxygen atoms in total. The molecule has 0 saturated carbocycles. The van der Waals surface area contributed by atoms with Gasteiger partial charge in [0.25, 0.3) is 0 Å². The first-order valence-corrected chi connectivity index (χ1v) is 10.7. The van der Waals surface area contributed by atoms with Gasteiger partial charge < -0.3 is 4.74 Å². The van der Waals surface area contributed by atoms with Crippen molar-refractivity contribution < 1.29 is 9.53 Å². The second-order valence-corrected chi connectivity index (χ2v) is 7.79. The Balaban J connectivity index is 3.70. The molecule has 0 bridgehead atoms. The summed E-state index contributed by atoms with van der Waals surface area (Å²) in [6.07, 6.45) is 29.8. The van der Waals surface area contributed by atoms with Crippen LogP contribution in [-0.2, 0) is 9.53 Å². The van der Waals surface area contributed by atoms with E-state index in [-0.39, 0.29) is 5.97 Å². The normalized spacial score (nSPS) is 12.9. The van der Waals surface area contributed by atoms with Crippen molar-refractivity contribution in [3.8, 4) is 0 Å². The molecule has 0 radical (unpaired) electrons. The molecular weight excluding hydrogens is 332 g/mol. The summed E-state index contributed by atoms with van der Waals surface area (Å²) in [5.74, 6) is -0.125. The first kappa shape index (κ1) is 25.4. The molecular formula is C25H42O2. The number of carbonyl (C=O) groups excluding carboxylic acids is 1. The number of carbonyl (C=O) groups is 1. The van der Waals surface area contributed by atoms with Crippen LogP contribution in [0.15, 0.2) is 48.6 Å². The van der Waals surface area contributed by atoms with Gasteiger partial charge in [0.2, 0.25) is 0 Å². The Morgan fingerprint density at radius 3 is 2.00 bits per heavy atom. The smallest absolute Gasteiger partial charge is 0.305 e. The molecule has 0 aromatic heterocycles. The van der Waals surface area contributed by atoms with E-state index in [2.05, 4.69) is 74.1 Å². The molecule has 0 aromatic rings. The fraction of sp³-hybridized carbons (Fsp3) is 0.640. The predicted molar refractivity (Wildman–Crippen MR) is 119 cm³/mol. The highest BCUT2D eigenvalue weighted by molar-refractivity contribution is 5.69. The van der Waals surface area contributed by atoms with Crippen molar-refractivity contribution in [1.82, 2.24) is 0 Å². The van der Waals surface area contributed by atoms with Gasteiger partial charge in [-0.15, -0.1) is 0 Å². The third-order valence-corrected chi connectivity index (χ3v) is 4.54. The molecule has 154 valence electrons. The van der Waals surface area contributed by atoms with E-state index in [0.717, 1.165) is 32.1 Å². The van der Waals surface area contributed by atoms with Crippen LogP contribution in [0.4, 0.5) is 0 Å². The number of allylic oxidation sites excluding steroid dienone is 8. The van der Waals surface area contributed by atoms with Crippen LogP contribution < -0.4 is 0 Å². The summed E-state index contributed by atoms with van der Waals surface area (Å²) < 4.78 is 4.61. The molecule has 0 saturated heterocycles. The summed E-state index contributed by atoms with van der Waals surface area (Å²) in [6, 6.07) is 0. The van der Waals surface area contributed by atoms with Gasteiger partial charge in [0.15, 0.2) is 0 Å². The van der Waals surface area contributed by atoms with Crippen LogP contribution in [0.5, 0.6) is 0 Å². The molecule has 0 spiro atoms. The van der Waals surface area contributed by atoms with Gasteiger partial charge in [0.05, 0.1) is 7.11 Å². The van der Waals surface area contributed by atoms with Crippen LogP contribution in [0.1, 0.15) is 91.4 Å². The Kier molecular flexibility index (Phi) is 16.8. The van der Waals surface area contributed by atoms with Gasteiger partial charge >= 0.3 is 5.97 Å². The van der Waals surface area contributed by atoms with E-state index in [0.29, 0.717) is 11.8 Å². The summed E-state index contributed by atoms with van der Waals surface area (Å²) >= 11 is 0. The SMILES string of the molecule is CCCCCCC(C)(C)/C=C\C/C=C\C/C=C\C/C=C\CCCC(=O)OC. The number of esters is 1. The Labute approximate surface area is 168 Å².